The van der Waals surface area contributed by atoms with Crippen LogP contribution in [0.5, 0.6) is 23.0 Å². The Hall–Kier alpha value is -3.09. The topological polar surface area (TPSA) is 66.5 Å². The molecule has 0 saturated heterocycles. The molecule has 0 saturated carbocycles. The molecule has 2 aromatic rings. The van der Waals surface area contributed by atoms with Gasteiger partial charge in [0.1, 0.15) is 0 Å². The highest BCUT2D eigenvalue weighted by molar-refractivity contribution is 5.72. The van der Waals surface area contributed by atoms with Gasteiger partial charge in [0, 0.05) is 0 Å². The number of carbonyl (C=O) groups excluding carboxylic acids is 1. The molecule has 1 amide bonds. The Morgan fingerprint density at radius 3 is 2.11 bits per heavy atom. The van der Waals surface area contributed by atoms with Crippen molar-refractivity contribution in [1.29, 1.82) is 0 Å². The number of methoxy groups -OCH3 is 3. The summed E-state index contributed by atoms with van der Waals surface area (Å²) < 4.78 is 27.2. The molecule has 2 atom stereocenters. The van der Waals surface area contributed by atoms with Crippen LogP contribution in [0.1, 0.15) is 34.3 Å². The van der Waals surface area contributed by atoms with E-state index in [1.54, 1.807) is 14.2 Å². The van der Waals surface area contributed by atoms with E-state index in [4.69, 9.17) is 23.7 Å². The molecule has 0 aromatic heterocycles. The summed E-state index contributed by atoms with van der Waals surface area (Å²) >= 11 is 0. The van der Waals surface area contributed by atoms with Gasteiger partial charge in [0.05, 0.1) is 33.4 Å². The summed E-state index contributed by atoms with van der Waals surface area (Å²) in [5.74, 6) is 2.83. The zero-order valence-corrected chi connectivity index (χ0v) is 16.0. The Morgan fingerprint density at radius 2 is 1.46 bits per heavy atom. The van der Waals surface area contributed by atoms with Crippen molar-refractivity contribution in [3.05, 3.63) is 46.5 Å². The largest absolute Gasteiger partial charge is 0.493 e. The zero-order chi connectivity index (χ0) is 19.4. The van der Waals surface area contributed by atoms with E-state index in [0.29, 0.717) is 24.3 Å². The first-order valence-electron chi connectivity index (χ1n) is 9.18. The molecule has 0 aliphatic carbocycles. The summed E-state index contributed by atoms with van der Waals surface area (Å²) in [5, 5.41) is 0. The second kappa shape index (κ2) is 6.22. The summed E-state index contributed by atoms with van der Waals surface area (Å²) in [4.78, 5) is 14.5. The molecule has 7 heteroatoms. The molecule has 0 fully saturated rings. The minimum absolute atomic E-state index is 0.138. The van der Waals surface area contributed by atoms with Gasteiger partial charge in [-0.05, 0) is 59.4 Å². The van der Waals surface area contributed by atoms with Crippen molar-refractivity contribution in [3.63, 3.8) is 0 Å². The van der Waals surface area contributed by atoms with E-state index < -0.39 is 0 Å². The fourth-order valence-corrected chi connectivity index (χ4v) is 4.62. The van der Waals surface area contributed by atoms with Gasteiger partial charge in [-0.2, -0.15) is 0 Å². The molecule has 2 aromatic carbocycles. The molecule has 2 unspecified atom stereocenters. The maximum atomic E-state index is 12.7. The van der Waals surface area contributed by atoms with Crippen LogP contribution < -0.4 is 18.9 Å². The summed E-state index contributed by atoms with van der Waals surface area (Å²) in [5.41, 5.74) is 4.45. The van der Waals surface area contributed by atoms with E-state index in [0.717, 1.165) is 28.2 Å². The number of amides is 1. The SMILES string of the molecule is COC(=O)N1C2Cc3cc4c(cc3C1Cc1cc(OC)c(OC)cc12)OCO4. The third-order valence-electron chi connectivity index (χ3n) is 5.88. The van der Waals surface area contributed by atoms with Crippen LogP contribution in [-0.4, -0.2) is 39.1 Å². The van der Waals surface area contributed by atoms with Crippen molar-refractivity contribution < 1.29 is 28.5 Å². The van der Waals surface area contributed by atoms with Crippen LogP contribution in [0.4, 0.5) is 4.79 Å². The number of nitrogens with zero attached hydrogens (tertiary/aromatic N) is 1. The van der Waals surface area contributed by atoms with Gasteiger partial charge in [-0.15, -0.1) is 0 Å². The molecule has 3 aliphatic heterocycles. The molecule has 146 valence electrons. The van der Waals surface area contributed by atoms with Crippen LogP contribution in [0, 0.1) is 0 Å². The van der Waals surface area contributed by atoms with Crippen LogP contribution in [0.15, 0.2) is 24.3 Å². The average molecular weight is 383 g/mol. The standard InChI is InChI=1S/C21H21NO6/c1-24-17-6-11-4-16-14-9-20-19(27-10-28-20)7-12(14)5-15(22(16)21(23)26-3)13(11)8-18(17)25-2/h6-9,15-16H,4-5,10H2,1-3H3. The van der Waals surface area contributed by atoms with Gasteiger partial charge in [0.25, 0.3) is 0 Å². The van der Waals surface area contributed by atoms with E-state index in [9.17, 15) is 4.79 Å². The molecular formula is C21H21NO6. The van der Waals surface area contributed by atoms with Crippen molar-refractivity contribution in [2.45, 2.75) is 24.9 Å². The Bertz CT molecular complexity index is 972. The molecule has 7 nitrogen and oxygen atoms in total. The molecular weight excluding hydrogens is 362 g/mol. The molecule has 3 heterocycles. The molecule has 0 N–H and O–H groups in total. The van der Waals surface area contributed by atoms with Crippen molar-refractivity contribution in [2.75, 3.05) is 28.1 Å². The maximum Gasteiger partial charge on any atom is 0.410 e. The number of hydrogen-bond donors (Lipinski definition) is 0. The van der Waals surface area contributed by atoms with Gasteiger partial charge >= 0.3 is 6.09 Å². The fraction of sp³-hybridized carbons (Fsp3) is 0.381. The lowest BCUT2D eigenvalue weighted by molar-refractivity contribution is 0.0668. The smallest absolute Gasteiger partial charge is 0.410 e. The van der Waals surface area contributed by atoms with Gasteiger partial charge in [0.2, 0.25) is 6.79 Å². The number of rotatable bonds is 2. The van der Waals surface area contributed by atoms with Crippen molar-refractivity contribution >= 4 is 6.09 Å². The lowest BCUT2D eigenvalue weighted by Crippen LogP contribution is -2.46. The van der Waals surface area contributed by atoms with E-state index in [1.165, 1.54) is 12.7 Å². The first-order chi connectivity index (χ1) is 13.6. The first-order valence-corrected chi connectivity index (χ1v) is 9.18. The van der Waals surface area contributed by atoms with Crippen LogP contribution in [-0.2, 0) is 17.6 Å². The summed E-state index contributed by atoms with van der Waals surface area (Å²) in [6.45, 7) is 0.224. The highest BCUT2D eigenvalue weighted by Gasteiger charge is 2.44. The van der Waals surface area contributed by atoms with E-state index in [-0.39, 0.29) is 25.0 Å². The molecule has 2 bridgehead atoms. The quantitative estimate of drug-likeness (QED) is 0.792. The number of hydrogen-bond acceptors (Lipinski definition) is 6. The van der Waals surface area contributed by atoms with Gasteiger partial charge in [-0.3, -0.25) is 4.90 Å². The third-order valence-corrected chi connectivity index (χ3v) is 5.88. The monoisotopic (exact) mass is 383 g/mol. The second-order valence-corrected chi connectivity index (χ2v) is 7.13. The van der Waals surface area contributed by atoms with Crippen molar-refractivity contribution in [1.82, 2.24) is 4.90 Å². The number of fused-ring (bicyclic) bond motifs is 7. The highest BCUT2D eigenvalue weighted by atomic mass is 16.7. The Balaban J connectivity index is 1.68. The summed E-state index contributed by atoms with van der Waals surface area (Å²) in [6.07, 6.45) is 0.993. The molecule has 28 heavy (non-hydrogen) atoms. The number of ether oxygens (including phenoxy) is 5. The lowest BCUT2D eigenvalue weighted by atomic mass is 9.76. The van der Waals surface area contributed by atoms with Gasteiger partial charge < -0.3 is 23.7 Å². The zero-order valence-electron chi connectivity index (χ0n) is 16.0. The predicted octanol–water partition coefficient (Wildman–Crippen LogP) is 3.40. The summed E-state index contributed by atoms with van der Waals surface area (Å²) in [6, 6.07) is 7.75. The van der Waals surface area contributed by atoms with Crippen LogP contribution in [0.2, 0.25) is 0 Å². The first kappa shape index (κ1) is 17.0. The van der Waals surface area contributed by atoms with Crippen molar-refractivity contribution in [2.24, 2.45) is 0 Å². The molecule has 0 spiro atoms. The fourth-order valence-electron chi connectivity index (χ4n) is 4.62. The molecule has 0 radical (unpaired) electrons. The van der Waals surface area contributed by atoms with Crippen LogP contribution >= 0.6 is 0 Å². The summed E-state index contributed by atoms with van der Waals surface area (Å²) in [7, 11) is 4.66. The van der Waals surface area contributed by atoms with Crippen molar-refractivity contribution in [3.8, 4) is 23.0 Å². The molecule has 5 rings (SSSR count). The number of carbonyl (C=O) groups is 1. The van der Waals surface area contributed by atoms with E-state index in [2.05, 4.69) is 0 Å². The third kappa shape index (κ3) is 2.32. The maximum absolute atomic E-state index is 12.7. The van der Waals surface area contributed by atoms with E-state index in [1.807, 2.05) is 29.2 Å². The molecule has 3 aliphatic rings. The highest BCUT2D eigenvalue weighted by Crippen LogP contribution is 2.51. The minimum atomic E-state index is -0.334. The Morgan fingerprint density at radius 1 is 0.893 bits per heavy atom. The Labute approximate surface area is 162 Å². The predicted molar refractivity (Wildman–Crippen MR) is 99.2 cm³/mol. The van der Waals surface area contributed by atoms with Gasteiger partial charge in [-0.25, -0.2) is 4.79 Å². The van der Waals surface area contributed by atoms with Crippen LogP contribution in [0.3, 0.4) is 0 Å². The minimum Gasteiger partial charge on any atom is -0.493 e. The second-order valence-electron chi connectivity index (χ2n) is 7.13. The number of benzene rings is 2. The van der Waals surface area contributed by atoms with Gasteiger partial charge in [-0.1, -0.05) is 0 Å². The normalized spacial score (nSPS) is 20.9. The van der Waals surface area contributed by atoms with Gasteiger partial charge in [0.15, 0.2) is 23.0 Å². The lowest BCUT2D eigenvalue weighted by Gasteiger charge is -2.47. The van der Waals surface area contributed by atoms with Crippen LogP contribution in [0.25, 0.3) is 0 Å². The Kier molecular flexibility index (Phi) is 3.79. The van der Waals surface area contributed by atoms with E-state index >= 15 is 0 Å². The average Bonchev–Trinajstić information content (AvgIpc) is 3.18.